The lowest BCUT2D eigenvalue weighted by Crippen LogP contribution is -2.02. The summed E-state index contributed by atoms with van der Waals surface area (Å²) in [6, 6.07) is 5.88. The van der Waals surface area contributed by atoms with Crippen LogP contribution in [0.5, 0.6) is 0 Å². The van der Waals surface area contributed by atoms with E-state index in [-0.39, 0.29) is 10.6 Å². The minimum absolute atomic E-state index is 0.283. The Morgan fingerprint density at radius 3 is 2.53 bits per heavy atom. The van der Waals surface area contributed by atoms with Gasteiger partial charge >= 0.3 is 0 Å². The first-order chi connectivity index (χ1) is 9.02. The zero-order valence-electron chi connectivity index (χ0n) is 9.98. The summed E-state index contributed by atoms with van der Waals surface area (Å²) in [6.45, 7) is 2.56. The van der Waals surface area contributed by atoms with Crippen LogP contribution in [0, 0.1) is 5.82 Å². The van der Waals surface area contributed by atoms with Gasteiger partial charge in [0.1, 0.15) is 11.6 Å². The smallest absolute Gasteiger partial charge is 0.145 e. The minimum Gasteiger partial charge on any atom is -0.369 e. The quantitative estimate of drug-likeness (QED) is 0.832. The average molecular weight is 320 g/mol. The van der Waals surface area contributed by atoms with Crippen LogP contribution in [-0.2, 0) is 0 Å². The van der Waals surface area contributed by atoms with E-state index in [2.05, 4.69) is 10.3 Å². The monoisotopic (exact) mass is 318 g/mol. The third-order valence-corrected chi connectivity index (χ3v) is 3.27. The lowest BCUT2D eigenvalue weighted by Gasteiger charge is -2.10. The number of aromatic nitrogens is 1. The van der Waals surface area contributed by atoms with Crippen LogP contribution in [0.15, 0.2) is 24.3 Å². The normalized spacial score (nSPS) is 10.6. The lowest BCUT2D eigenvalue weighted by molar-refractivity contribution is 0.631. The maximum atomic E-state index is 13.9. The van der Waals surface area contributed by atoms with Crippen molar-refractivity contribution in [2.24, 2.45) is 0 Å². The molecule has 0 aliphatic heterocycles. The van der Waals surface area contributed by atoms with Crippen molar-refractivity contribution >= 4 is 40.6 Å². The van der Waals surface area contributed by atoms with Gasteiger partial charge in [0.15, 0.2) is 0 Å². The molecule has 2 rings (SSSR count). The molecular weight excluding hydrogens is 310 g/mol. The third-order valence-electron chi connectivity index (χ3n) is 2.46. The van der Waals surface area contributed by atoms with Crippen molar-refractivity contribution in [2.45, 2.75) is 6.92 Å². The first-order valence-corrected chi connectivity index (χ1v) is 6.71. The highest BCUT2D eigenvalue weighted by Gasteiger charge is 2.14. The summed E-state index contributed by atoms with van der Waals surface area (Å²) in [5, 5.41) is 3.99. The van der Waals surface area contributed by atoms with Gasteiger partial charge < -0.3 is 5.32 Å². The lowest BCUT2D eigenvalue weighted by atomic mass is 10.1. The molecule has 0 spiro atoms. The van der Waals surface area contributed by atoms with Crippen LogP contribution in [-0.4, -0.2) is 11.5 Å². The second-order valence-electron chi connectivity index (χ2n) is 3.80. The number of anilines is 1. The van der Waals surface area contributed by atoms with E-state index in [1.165, 1.54) is 18.2 Å². The minimum atomic E-state index is -0.480. The fourth-order valence-electron chi connectivity index (χ4n) is 1.63. The van der Waals surface area contributed by atoms with Crippen molar-refractivity contribution in [1.82, 2.24) is 4.98 Å². The SMILES string of the molecule is CCNc1nc(-c2ccc(Cl)cc2F)c(Cl)cc1Cl. The predicted octanol–water partition coefficient (Wildman–Crippen LogP) is 5.28. The highest BCUT2D eigenvalue weighted by Crippen LogP contribution is 2.34. The van der Waals surface area contributed by atoms with Gasteiger partial charge in [-0.3, -0.25) is 0 Å². The van der Waals surface area contributed by atoms with Gasteiger partial charge in [0.2, 0.25) is 0 Å². The molecule has 2 nitrogen and oxygen atoms in total. The van der Waals surface area contributed by atoms with Gasteiger partial charge in [0.05, 0.1) is 15.7 Å². The van der Waals surface area contributed by atoms with Crippen molar-refractivity contribution < 1.29 is 4.39 Å². The molecule has 6 heteroatoms. The predicted molar refractivity (Wildman–Crippen MR) is 78.8 cm³/mol. The standard InChI is InChI=1S/C13H10Cl3FN2/c1-2-18-13-10(16)6-9(15)12(19-13)8-4-3-7(14)5-11(8)17/h3-6H,2H2,1H3,(H,18,19). The number of benzene rings is 1. The molecule has 1 N–H and O–H groups in total. The Morgan fingerprint density at radius 2 is 1.89 bits per heavy atom. The van der Waals surface area contributed by atoms with E-state index >= 15 is 0 Å². The molecule has 0 saturated heterocycles. The Morgan fingerprint density at radius 1 is 1.16 bits per heavy atom. The Labute approximate surface area is 125 Å². The van der Waals surface area contributed by atoms with Crippen LogP contribution in [0.1, 0.15) is 6.92 Å². The fraction of sp³-hybridized carbons (Fsp3) is 0.154. The van der Waals surface area contributed by atoms with Gasteiger partial charge in [-0.15, -0.1) is 0 Å². The van der Waals surface area contributed by atoms with E-state index in [1.54, 1.807) is 6.07 Å². The van der Waals surface area contributed by atoms with Gasteiger partial charge in [-0.1, -0.05) is 34.8 Å². The topological polar surface area (TPSA) is 24.9 Å². The van der Waals surface area contributed by atoms with Crippen LogP contribution in [0.2, 0.25) is 15.1 Å². The van der Waals surface area contributed by atoms with Crippen LogP contribution in [0.25, 0.3) is 11.3 Å². The summed E-state index contributed by atoms with van der Waals surface area (Å²) in [6.07, 6.45) is 0. The molecule has 1 aromatic carbocycles. The van der Waals surface area contributed by atoms with E-state index in [1.807, 2.05) is 6.92 Å². The molecule has 0 radical (unpaired) electrons. The molecule has 0 aliphatic carbocycles. The maximum Gasteiger partial charge on any atom is 0.145 e. The zero-order chi connectivity index (χ0) is 14.0. The van der Waals surface area contributed by atoms with Crippen molar-refractivity contribution in [3.8, 4) is 11.3 Å². The fourth-order valence-corrected chi connectivity index (χ4v) is 2.31. The summed E-state index contributed by atoms with van der Waals surface area (Å²) >= 11 is 17.8. The molecule has 0 saturated carbocycles. The van der Waals surface area contributed by atoms with E-state index in [0.29, 0.717) is 28.1 Å². The van der Waals surface area contributed by atoms with Gasteiger partial charge in [0, 0.05) is 17.1 Å². The second-order valence-corrected chi connectivity index (χ2v) is 5.05. The largest absolute Gasteiger partial charge is 0.369 e. The summed E-state index contributed by atoms with van der Waals surface area (Å²) < 4.78 is 13.9. The van der Waals surface area contributed by atoms with Crippen molar-refractivity contribution in [3.63, 3.8) is 0 Å². The number of nitrogens with one attached hydrogen (secondary N) is 1. The second kappa shape index (κ2) is 5.95. The molecule has 0 atom stereocenters. The first-order valence-electron chi connectivity index (χ1n) is 5.58. The molecule has 1 aromatic heterocycles. The summed E-state index contributed by atoms with van der Waals surface area (Å²) in [5.74, 6) is -0.00964. The Balaban J connectivity index is 2.58. The van der Waals surface area contributed by atoms with E-state index in [9.17, 15) is 4.39 Å². The number of rotatable bonds is 3. The molecule has 0 fully saturated rings. The summed E-state index contributed by atoms with van der Waals surface area (Å²) in [4.78, 5) is 4.26. The number of pyridine rings is 1. The van der Waals surface area contributed by atoms with E-state index in [4.69, 9.17) is 34.8 Å². The van der Waals surface area contributed by atoms with Crippen LogP contribution >= 0.6 is 34.8 Å². The molecule has 100 valence electrons. The molecule has 0 aliphatic rings. The van der Waals surface area contributed by atoms with Crippen molar-refractivity contribution in [3.05, 3.63) is 45.2 Å². The van der Waals surface area contributed by atoms with Gasteiger partial charge in [-0.2, -0.15) is 0 Å². The zero-order valence-corrected chi connectivity index (χ0v) is 12.2. The average Bonchev–Trinajstić information content (AvgIpc) is 2.34. The van der Waals surface area contributed by atoms with Crippen LogP contribution in [0.3, 0.4) is 0 Å². The van der Waals surface area contributed by atoms with Gasteiger partial charge in [-0.25, -0.2) is 9.37 Å². The molecule has 19 heavy (non-hydrogen) atoms. The van der Waals surface area contributed by atoms with Crippen LogP contribution in [0.4, 0.5) is 10.2 Å². The van der Waals surface area contributed by atoms with Crippen LogP contribution < -0.4 is 5.32 Å². The number of nitrogens with zero attached hydrogens (tertiary/aromatic N) is 1. The number of hydrogen-bond donors (Lipinski definition) is 1. The van der Waals surface area contributed by atoms with E-state index < -0.39 is 5.82 Å². The van der Waals surface area contributed by atoms with Gasteiger partial charge in [-0.05, 0) is 31.2 Å². The molecule has 2 aromatic rings. The third kappa shape index (κ3) is 3.11. The highest BCUT2D eigenvalue weighted by atomic mass is 35.5. The first kappa shape index (κ1) is 14.4. The molecule has 1 heterocycles. The Bertz CT molecular complexity index is 617. The molecule has 0 amide bonds. The summed E-state index contributed by atoms with van der Waals surface area (Å²) in [7, 11) is 0. The Hall–Kier alpha value is -1.03. The maximum absolute atomic E-state index is 13.9. The molecule has 0 unspecified atom stereocenters. The van der Waals surface area contributed by atoms with Crippen molar-refractivity contribution in [2.75, 3.05) is 11.9 Å². The summed E-state index contributed by atoms with van der Waals surface area (Å²) in [5.41, 5.74) is 0.612. The van der Waals surface area contributed by atoms with Gasteiger partial charge in [0.25, 0.3) is 0 Å². The van der Waals surface area contributed by atoms with E-state index in [0.717, 1.165) is 0 Å². The Kier molecular flexibility index (Phi) is 4.50. The number of hydrogen-bond acceptors (Lipinski definition) is 2. The number of halogens is 4. The highest BCUT2D eigenvalue weighted by molar-refractivity contribution is 6.37. The molecule has 0 bridgehead atoms. The van der Waals surface area contributed by atoms with Crippen molar-refractivity contribution in [1.29, 1.82) is 0 Å². The molecular formula is C13H10Cl3FN2.